The van der Waals surface area contributed by atoms with Gasteiger partial charge in [0.2, 0.25) is 10.0 Å². The second kappa shape index (κ2) is 9.76. The van der Waals surface area contributed by atoms with Crippen molar-refractivity contribution in [3.63, 3.8) is 0 Å². The van der Waals surface area contributed by atoms with E-state index in [0.717, 1.165) is 38.5 Å². The number of benzene rings is 1. The maximum absolute atomic E-state index is 12.8. The van der Waals surface area contributed by atoms with E-state index in [1.165, 1.54) is 6.20 Å². The van der Waals surface area contributed by atoms with Gasteiger partial charge < -0.3 is 0 Å². The van der Waals surface area contributed by atoms with E-state index >= 15 is 0 Å². The predicted molar refractivity (Wildman–Crippen MR) is 112 cm³/mol. The maximum atomic E-state index is 12.8. The molecule has 0 atom stereocenters. The fourth-order valence-corrected chi connectivity index (χ4v) is 4.68. The Morgan fingerprint density at radius 1 is 1.07 bits per heavy atom. The normalized spacial score (nSPS) is 16.2. The number of carbonyl (C=O) groups excluding carboxylic acids is 1. The molecule has 3 rings (SSSR count). The first-order chi connectivity index (χ1) is 14.0. The van der Waals surface area contributed by atoms with Gasteiger partial charge in [-0.05, 0) is 49.6 Å². The molecule has 1 saturated carbocycles. The lowest BCUT2D eigenvalue weighted by molar-refractivity contribution is 0.0954. The Bertz CT molecular complexity index is 966. The lowest BCUT2D eigenvalue weighted by Gasteiger charge is -2.16. The lowest BCUT2D eigenvalue weighted by Crippen LogP contribution is -2.34. The highest BCUT2D eigenvalue weighted by molar-refractivity contribution is 7.89. The van der Waals surface area contributed by atoms with Crippen LogP contribution in [-0.4, -0.2) is 31.1 Å². The van der Waals surface area contributed by atoms with E-state index in [9.17, 15) is 13.2 Å². The standard InChI is InChI=1S/C21H26N4O3S/c1-16(23-24-21(26)18-9-7-13-22-15-18)17-8-6-12-20(14-17)29(27,28)25-19-10-4-2-3-5-11-19/h6-9,12-15,19,25H,2-5,10-11H2,1H3,(H,24,26)/b23-16-. The van der Waals surface area contributed by atoms with Gasteiger partial charge in [0.1, 0.15) is 0 Å². The van der Waals surface area contributed by atoms with Crippen LogP contribution in [0.2, 0.25) is 0 Å². The zero-order valence-electron chi connectivity index (χ0n) is 16.5. The third-order valence-corrected chi connectivity index (χ3v) is 6.51. The third-order valence-electron chi connectivity index (χ3n) is 4.99. The zero-order valence-corrected chi connectivity index (χ0v) is 17.3. The van der Waals surface area contributed by atoms with Crippen LogP contribution in [0.1, 0.15) is 61.4 Å². The number of hydrazone groups is 1. The number of rotatable bonds is 6. The van der Waals surface area contributed by atoms with E-state index in [0.29, 0.717) is 16.8 Å². The minimum Gasteiger partial charge on any atom is -0.267 e. The van der Waals surface area contributed by atoms with Gasteiger partial charge in [-0.1, -0.05) is 37.8 Å². The van der Waals surface area contributed by atoms with Crippen LogP contribution in [-0.2, 0) is 10.0 Å². The van der Waals surface area contributed by atoms with Gasteiger partial charge in [0.15, 0.2) is 0 Å². The van der Waals surface area contributed by atoms with Crippen LogP contribution >= 0.6 is 0 Å². The van der Waals surface area contributed by atoms with E-state index in [2.05, 4.69) is 20.2 Å². The molecule has 1 aromatic heterocycles. The van der Waals surface area contributed by atoms with Crippen LogP contribution in [0.15, 0.2) is 58.8 Å². The summed E-state index contributed by atoms with van der Waals surface area (Å²) in [7, 11) is -3.61. The Morgan fingerprint density at radius 2 is 1.79 bits per heavy atom. The van der Waals surface area contributed by atoms with E-state index in [-0.39, 0.29) is 16.8 Å². The maximum Gasteiger partial charge on any atom is 0.272 e. The summed E-state index contributed by atoms with van der Waals surface area (Å²) in [6.45, 7) is 1.72. The van der Waals surface area contributed by atoms with Gasteiger partial charge >= 0.3 is 0 Å². The second-order valence-corrected chi connectivity index (χ2v) is 8.93. The summed E-state index contributed by atoms with van der Waals surface area (Å²) in [6, 6.07) is 9.89. The summed E-state index contributed by atoms with van der Waals surface area (Å²) in [5.74, 6) is -0.378. The van der Waals surface area contributed by atoms with Gasteiger partial charge in [0.25, 0.3) is 5.91 Å². The lowest BCUT2D eigenvalue weighted by atomic mass is 10.1. The molecule has 8 heteroatoms. The second-order valence-electron chi connectivity index (χ2n) is 7.22. The molecular weight excluding hydrogens is 388 g/mol. The largest absolute Gasteiger partial charge is 0.272 e. The fourth-order valence-electron chi connectivity index (χ4n) is 3.33. The molecule has 0 spiro atoms. The summed E-state index contributed by atoms with van der Waals surface area (Å²) in [5.41, 5.74) is 4.00. The molecule has 29 heavy (non-hydrogen) atoms. The quantitative estimate of drug-likeness (QED) is 0.430. The molecule has 1 aliphatic rings. The Balaban J connectivity index is 1.71. The molecule has 1 fully saturated rings. The number of nitrogens with one attached hydrogen (secondary N) is 2. The minimum atomic E-state index is -3.61. The van der Waals surface area contributed by atoms with Crippen molar-refractivity contribution in [1.82, 2.24) is 15.1 Å². The van der Waals surface area contributed by atoms with Gasteiger partial charge in [-0.2, -0.15) is 5.10 Å². The first-order valence-electron chi connectivity index (χ1n) is 9.83. The molecule has 1 amide bonds. The van der Waals surface area contributed by atoms with Gasteiger partial charge in [-0.15, -0.1) is 0 Å². The monoisotopic (exact) mass is 414 g/mol. The van der Waals surface area contributed by atoms with E-state index in [1.807, 2.05) is 0 Å². The number of hydrogen-bond donors (Lipinski definition) is 2. The average Bonchev–Trinajstić information content (AvgIpc) is 3.00. The van der Waals surface area contributed by atoms with Crippen LogP contribution in [0.25, 0.3) is 0 Å². The van der Waals surface area contributed by atoms with Crippen molar-refractivity contribution in [1.29, 1.82) is 0 Å². The van der Waals surface area contributed by atoms with E-state index in [4.69, 9.17) is 0 Å². The third kappa shape index (κ3) is 5.95. The van der Waals surface area contributed by atoms with Crippen molar-refractivity contribution in [3.8, 4) is 0 Å². The molecule has 0 saturated heterocycles. The number of pyridine rings is 1. The number of hydrogen-bond acceptors (Lipinski definition) is 5. The molecule has 1 aliphatic carbocycles. The van der Waals surface area contributed by atoms with Crippen LogP contribution < -0.4 is 10.1 Å². The first-order valence-corrected chi connectivity index (χ1v) is 11.3. The Labute approximate surface area is 171 Å². The minimum absolute atomic E-state index is 0.0142. The Kier molecular flexibility index (Phi) is 7.11. The van der Waals surface area contributed by atoms with Crippen molar-refractivity contribution < 1.29 is 13.2 Å². The van der Waals surface area contributed by atoms with E-state index < -0.39 is 10.0 Å². The molecule has 0 unspecified atom stereocenters. The van der Waals surface area contributed by atoms with Crippen molar-refractivity contribution in [3.05, 3.63) is 59.9 Å². The summed E-state index contributed by atoms with van der Waals surface area (Å²) in [6.07, 6.45) is 9.21. The van der Waals surface area contributed by atoms with Crippen molar-refractivity contribution in [2.24, 2.45) is 5.10 Å². The first kappa shape index (κ1) is 21.1. The van der Waals surface area contributed by atoms with Crippen LogP contribution in [0.3, 0.4) is 0 Å². The molecule has 0 bridgehead atoms. The van der Waals surface area contributed by atoms with Gasteiger partial charge in [0.05, 0.1) is 16.2 Å². The number of nitrogens with zero attached hydrogens (tertiary/aromatic N) is 2. The molecule has 0 radical (unpaired) electrons. The smallest absolute Gasteiger partial charge is 0.267 e. The molecule has 2 aromatic rings. The Hall–Kier alpha value is -2.58. The predicted octanol–water partition coefficient (Wildman–Crippen LogP) is 3.24. The van der Waals surface area contributed by atoms with Gasteiger partial charge in [0, 0.05) is 18.4 Å². The van der Waals surface area contributed by atoms with Crippen molar-refractivity contribution in [2.75, 3.05) is 0 Å². The molecule has 154 valence electrons. The molecule has 0 aliphatic heterocycles. The fraction of sp³-hybridized carbons (Fsp3) is 0.381. The summed E-state index contributed by atoms with van der Waals surface area (Å²) in [4.78, 5) is 16.2. The highest BCUT2D eigenvalue weighted by Crippen LogP contribution is 2.20. The molecule has 7 nitrogen and oxygen atoms in total. The molecule has 1 heterocycles. The summed E-state index contributed by atoms with van der Waals surface area (Å²) >= 11 is 0. The highest BCUT2D eigenvalue weighted by atomic mass is 32.2. The van der Waals surface area contributed by atoms with Crippen LogP contribution in [0, 0.1) is 0 Å². The SMILES string of the molecule is C/C(=N/NC(=O)c1cccnc1)c1cccc(S(=O)(=O)NC2CCCCCC2)c1. The summed E-state index contributed by atoms with van der Waals surface area (Å²) in [5, 5.41) is 4.10. The molecule has 1 aromatic carbocycles. The van der Waals surface area contributed by atoms with Gasteiger partial charge in [-0.3, -0.25) is 9.78 Å². The van der Waals surface area contributed by atoms with Gasteiger partial charge in [-0.25, -0.2) is 18.6 Å². The average molecular weight is 415 g/mol. The summed E-state index contributed by atoms with van der Waals surface area (Å²) < 4.78 is 28.5. The molecular formula is C21H26N4O3S. The van der Waals surface area contributed by atoms with Crippen molar-refractivity contribution >= 4 is 21.6 Å². The number of aromatic nitrogens is 1. The molecule has 2 N–H and O–H groups in total. The van der Waals surface area contributed by atoms with Crippen LogP contribution in [0.4, 0.5) is 0 Å². The highest BCUT2D eigenvalue weighted by Gasteiger charge is 2.21. The van der Waals surface area contributed by atoms with Crippen molar-refractivity contribution in [2.45, 2.75) is 56.4 Å². The van der Waals surface area contributed by atoms with Crippen LogP contribution in [0.5, 0.6) is 0 Å². The number of amides is 1. The van der Waals surface area contributed by atoms with E-state index in [1.54, 1.807) is 49.5 Å². The number of sulfonamides is 1. The number of carbonyl (C=O) groups is 1. The zero-order chi connectivity index (χ0) is 20.7. The Morgan fingerprint density at radius 3 is 2.48 bits per heavy atom. The topological polar surface area (TPSA) is 101 Å².